The molecule has 0 aromatic heterocycles. The van der Waals surface area contributed by atoms with Crippen molar-refractivity contribution in [3.8, 4) is 0 Å². The monoisotopic (exact) mass is 370 g/mol. The smallest absolute Gasteiger partial charge is 0.302 e. The molecule has 0 saturated carbocycles. The molecule has 0 aliphatic heterocycles. The molecule has 0 heterocycles. The third-order valence-corrected chi connectivity index (χ3v) is 3.67. The second kappa shape index (κ2) is 12.0. The molecular weight excluding hydrogens is 336 g/mol. The predicted molar refractivity (Wildman–Crippen MR) is 115 cm³/mol. The van der Waals surface area contributed by atoms with Gasteiger partial charge in [0.05, 0.1) is 0 Å². The lowest BCUT2D eigenvalue weighted by Gasteiger charge is -2.10. The van der Waals surface area contributed by atoms with Gasteiger partial charge in [-0.05, 0) is 69.5 Å². The van der Waals surface area contributed by atoms with Gasteiger partial charge in [-0.2, -0.15) is 0 Å². The zero-order valence-electron chi connectivity index (χ0n) is 17.5. The van der Waals surface area contributed by atoms with Gasteiger partial charge in [0.15, 0.2) is 0 Å². The fraction of sp³-hybridized carbons (Fsp3) is 0.435. The molecular formula is C23H34N2O2. The van der Waals surface area contributed by atoms with Crippen LogP contribution in [-0.4, -0.2) is 18.1 Å². The number of nitrogens with one attached hydrogen (secondary N) is 2. The number of benzene rings is 2. The first-order valence-electron chi connectivity index (χ1n) is 9.64. The second-order valence-electron chi connectivity index (χ2n) is 7.13. The quantitative estimate of drug-likeness (QED) is 0.619. The number of carbonyl (C=O) groups excluding carboxylic acids is 1. The summed E-state index contributed by atoms with van der Waals surface area (Å²) >= 11 is 0. The minimum atomic E-state index is -0.251. The lowest BCUT2D eigenvalue weighted by atomic mass is 10.1. The summed E-state index contributed by atoms with van der Waals surface area (Å²) in [4.78, 5) is 10.6. The third kappa shape index (κ3) is 10.3. The first-order chi connectivity index (χ1) is 12.8. The van der Waals surface area contributed by atoms with E-state index in [1.165, 1.54) is 18.2 Å². The Bertz CT molecular complexity index is 662. The lowest BCUT2D eigenvalue weighted by Crippen LogP contribution is -2.09. The molecule has 0 unspecified atom stereocenters. The highest BCUT2D eigenvalue weighted by Gasteiger charge is 1.98. The van der Waals surface area contributed by atoms with Crippen molar-refractivity contribution in [2.24, 2.45) is 0 Å². The van der Waals surface area contributed by atoms with Crippen LogP contribution in [0.1, 0.15) is 52.7 Å². The minimum absolute atomic E-state index is 0.251. The van der Waals surface area contributed by atoms with Gasteiger partial charge in [-0.1, -0.05) is 31.2 Å². The number of carbonyl (C=O) groups is 1. The Hall–Kier alpha value is -2.49. The van der Waals surface area contributed by atoms with Crippen LogP contribution in [0.15, 0.2) is 48.5 Å². The Morgan fingerprint density at radius 3 is 1.56 bits per heavy atom. The summed E-state index contributed by atoms with van der Waals surface area (Å²) < 4.78 is 4.89. The van der Waals surface area contributed by atoms with Gasteiger partial charge in [0.2, 0.25) is 0 Å². The zero-order chi connectivity index (χ0) is 20.2. The Morgan fingerprint density at radius 1 is 0.815 bits per heavy atom. The van der Waals surface area contributed by atoms with E-state index >= 15 is 0 Å². The normalized spacial score (nSPS) is 10.2. The van der Waals surface area contributed by atoms with Gasteiger partial charge in [-0.15, -0.1) is 0 Å². The Balaban J connectivity index is 0.000000277. The zero-order valence-corrected chi connectivity index (χ0v) is 17.5. The topological polar surface area (TPSA) is 50.4 Å². The summed E-state index contributed by atoms with van der Waals surface area (Å²) in [5.74, 6) is -0.251. The summed E-state index contributed by atoms with van der Waals surface area (Å²) in [5.41, 5.74) is 4.68. The Morgan fingerprint density at radius 2 is 1.22 bits per heavy atom. The molecule has 0 spiro atoms. The number of esters is 1. The van der Waals surface area contributed by atoms with E-state index in [2.05, 4.69) is 69.5 Å². The van der Waals surface area contributed by atoms with Crippen LogP contribution in [-0.2, 0) is 22.6 Å². The minimum Gasteiger partial charge on any atom is -0.461 e. The average Bonchev–Trinajstić information content (AvgIpc) is 2.61. The number of hydrogen-bond donors (Lipinski definition) is 2. The van der Waals surface area contributed by atoms with Gasteiger partial charge < -0.3 is 15.4 Å². The van der Waals surface area contributed by atoms with Crippen molar-refractivity contribution in [1.82, 2.24) is 0 Å². The van der Waals surface area contributed by atoms with E-state index < -0.39 is 0 Å². The van der Waals surface area contributed by atoms with Gasteiger partial charge in [-0.3, -0.25) is 4.79 Å². The SMILES string of the molecule is CC(=O)OCc1ccc(NC(C)C)cc1.CCc1ccc(NC(C)C)cc1. The van der Waals surface area contributed by atoms with Crippen LogP contribution in [0.4, 0.5) is 11.4 Å². The molecule has 148 valence electrons. The van der Waals surface area contributed by atoms with Gasteiger partial charge in [-0.25, -0.2) is 0 Å². The molecule has 2 aromatic rings. The summed E-state index contributed by atoms with van der Waals surface area (Å²) in [5, 5.41) is 6.65. The number of aryl methyl sites for hydroxylation is 1. The molecule has 2 rings (SSSR count). The second-order valence-corrected chi connectivity index (χ2v) is 7.13. The van der Waals surface area contributed by atoms with Crippen molar-refractivity contribution in [2.45, 2.75) is 66.7 Å². The van der Waals surface area contributed by atoms with Crippen molar-refractivity contribution >= 4 is 17.3 Å². The van der Waals surface area contributed by atoms with Crippen LogP contribution in [0.5, 0.6) is 0 Å². The molecule has 2 aromatic carbocycles. The number of ether oxygens (including phenoxy) is 1. The largest absolute Gasteiger partial charge is 0.461 e. The van der Waals surface area contributed by atoms with Crippen LogP contribution in [0.2, 0.25) is 0 Å². The third-order valence-electron chi connectivity index (χ3n) is 3.67. The first kappa shape index (κ1) is 22.6. The van der Waals surface area contributed by atoms with Crippen molar-refractivity contribution in [2.75, 3.05) is 10.6 Å². The van der Waals surface area contributed by atoms with E-state index in [0.29, 0.717) is 18.7 Å². The Kier molecular flexibility index (Phi) is 10.0. The fourth-order valence-corrected chi connectivity index (χ4v) is 2.39. The number of anilines is 2. The Labute approximate surface area is 164 Å². The van der Waals surface area contributed by atoms with Crippen LogP contribution in [0, 0.1) is 0 Å². The maximum absolute atomic E-state index is 10.6. The molecule has 0 aliphatic carbocycles. The highest BCUT2D eigenvalue weighted by Crippen LogP contribution is 2.12. The predicted octanol–water partition coefficient (Wildman–Crippen LogP) is 5.64. The molecule has 27 heavy (non-hydrogen) atoms. The molecule has 0 bridgehead atoms. The number of rotatable bonds is 7. The van der Waals surface area contributed by atoms with Crippen LogP contribution in [0.3, 0.4) is 0 Å². The van der Waals surface area contributed by atoms with Crippen LogP contribution < -0.4 is 10.6 Å². The molecule has 4 nitrogen and oxygen atoms in total. The molecule has 0 fully saturated rings. The molecule has 0 amide bonds. The van der Waals surface area contributed by atoms with Gasteiger partial charge in [0.1, 0.15) is 6.61 Å². The standard InChI is InChI=1S/C12H17NO2.C11H17N/c1-9(2)13-12-6-4-11(5-7-12)8-15-10(3)14;1-4-10-5-7-11(8-6-10)12-9(2)3/h4-7,9,13H,8H2,1-3H3;5-9,12H,4H2,1-3H3. The molecule has 4 heteroatoms. The summed E-state index contributed by atoms with van der Waals surface area (Å²) in [6.07, 6.45) is 1.11. The van der Waals surface area contributed by atoms with E-state index in [1.54, 1.807) is 0 Å². The van der Waals surface area contributed by atoms with Crippen LogP contribution in [0.25, 0.3) is 0 Å². The van der Waals surface area contributed by atoms with Gasteiger partial charge in [0, 0.05) is 30.4 Å². The van der Waals surface area contributed by atoms with Gasteiger partial charge >= 0.3 is 5.97 Å². The van der Waals surface area contributed by atoms with E-state index in [1.807, 2.05) is 24.3 Å². The summed E-state index contributed by atoms with van der Waals surface area (Å²) in [6.45, 7) is 12.4. The van der Waals surface area contributed by atoms with Gasteiger partial charge in [0.25, 0.3) is 0 Å². The first-order valence-corrected chi connectivity index (χ1v) is 9.64. The summed E-state index contributed by atoms with van der Waals surface area (Å²) in [7, 11) is 0. The van der Waals surface area contributed by atoms with Crippen LogP contribution >= 0.6 is 0 Å². The average molecular weight is 371 g/mol. The van der Waals surface area contributed by atoms with Crippen molar-refractivity contribution < 1.29 is 9.53 Å². The summed E-state index contributed by atoms with van der Waals surface area (Å²) in [6, 6.07) is 17.4. The number of hydrogen-bond acceptors (Lipinski definition) is 4. The van der Waals surface area contributed by atoms with E-state index in [0.717, 1.165) is 17.7 Å². The molecule has 0 radical (unpaired) electrons. The van der Waals surface area contributed by atoms with E-state index in [4.69, 9.17) is 4.74 Å². The highest BCUT2D eigenvalue weighted by atomic mass is 16.5. The highest BCUT2D eigenvalue weighted by molar-refractivity contribution is 5.65. The maximum atomic E-state index is 10.6. The van der Waals surface area contributed by atoms with E-state index in [9.17, 15) is 4.79 Å². The molecule has 0 saturated heterocycles. The molecule has 0 atom stereocenters. The van der Waals surface area contributed by atoms with Crippen molar-refractivity contribution in [3.05, 3.63) is 59.7 Å². The van der Waals surface area contributed by atoms with E-state index in [-0.39, 0.29) is 5.97 Å². The maximum Gasteiger partial charge on any atom is 0.302 e. The van der Waals surface area contributed by atoms with Crippen molar-refractivity contribution in [1.29, 1.82) is 0 Å². The molecule has 0 aliphatic rings. The molecule has 2 N–H and O–H groups in total. The fourth-order valence-electron chi connectivity index (χ4n) is 2.39. The lowest BCUT2D eigenvalue weighted by molar-refractivity contribution is -0.142. The van der Waals surface area contributed by atoms with Crippen molar-refractivity contribution in [3.63, 3.8) is 0 Å².